The first-order valence-corrected chi connectivity index (χ1v) is 4.04. The Morgan fingerprint density at radius 1 is 1.14 bits per heavy atom. The number of aromatic nitrogens is 4. The van der Waals surface area contributed by atoms with Crippen LogP contribution in [0.15, 0.2) is 34.1 Å². The zero-order valence-corrected chi connectivity index (χ0v) is 7.52. The SMILES string of the molecule is C[n+]1ccc(-n2c(=O)[nH][nH]c2=O)cc1. The molecule has 2 N–H and O–H groups in total. The van der Waals surface area contributed by atoms with Crippen molar-refractivity contribution in [3.05, 3.63) is 45.5 Å². The molecule has 0 fully saturated rings. The molecule has 2 rings (SSSR count). The number of nitrogens with zero attached hydrogens (tertiary/aromatic N) is 2. The van der Waals surface area contributed by atoms with Crippen LogP contribution < -0.4 is 15.9 Å². The van der Waals surface area contributed by atoms with E-state index < -0.39 is 11.4 Å². The molecule has 2 aromatic rings. The van der Waals surface area contributed by atoms with Gasteiger partial charge < -0.3 is 0 Å². The molecule has 0 saturated heterocycles. The van der Waals surface area contributed by atoms with E-state index in [-0.39, 0.29) is 0 Å². The van der Waals surface area contributed by atoms with E-state index in [2.05, 4.69) is 10.2 Å². The Balaban J connectivity index is 2.66. The van der Waals surface area contributed by atoms with Gasteiger partial charge in [0.1, 0.15) is 7.05 Å². The molecule has 0 aliphatic heterocycles. The van der Waals surface area contributed by atoms with Crippen molar-refractivity contribution in [2.45, 2.75) is 0 Å². The van der Waals surface area contributed by atoms with Crippen LogP contribution in [0.3, 0.4) is 0 Å². The predicted octanol–water partition coefficient (Wildman–Crippen LogP) is -1.32. The molecule has 2 heterocycles. The maximum absolute atomic E-state index is 11.2. The van der Waals surface area contributed by atoms with Crippen molar-refractivity contribution < 1.29 is 4.57 Å². The second-order valence-corrected chi connectivity index (χ2v) is 2.92. The van der Waals surface area contributed by atoms with E-state index in [4.69, 9.17) is 0 Å². The van der Waals surface area contributed by atoms with Crippen molar-refractivity contribution in [3.63, 3.8) is 0 Å². The molecule has 0 amide bonds. The average molecular weight is 193 g/mol. The average Bonchev–Trinajstić information content (AvgIpc) is 2.49. The Morgan fingerprint density at radius 2 is 1.64 bits per heavy atom. The summed E-state index contributed by atoms with van der Waals surface area (Å²) in [5.74, 6) is 0. The Hall–Kier alpha value is -2.11. The lowest BCUT2D eigenvalue weighted by molar-refractivity contribution is -0.671. The molecule has 0 aliphatic carbocycles. The standard InChI is InChI=1S/C8H8N4O2/c1-11-4-2-6(3-5-11)12-7(13)9-10-8(12)14/h2-5H,1H3,(H-,9,10,13,14)/p+1. The molecule has 0 aliphatic rings. The Morgan fingerprint density at radius 3 is 2.14 bits per heavy atom. The van der Waals surface area contributed by atoms with Gasteiger partial charge in [-0.2, -0.15) is 0 Å². The molecule has 2 aromatic heterocycles. The van der Waals surface area contributed by atoms with Gasteiger partial charge in [0.2, 0.25) is 0 Å². The number of hydrogen-bond donors (Lipinski definition) is 2. The van der Waals surface area contributed by atoms with Crippen molar-refractivity contribution in [1.82, 2.24) is 14.8 Å². The zero-order chi connectivity index (χ0) is 10.1. The molecule has 14 heavy (non-hydrogen) atoms. The molecule has 6 nitrogen and oxygen atoms in total. The molecule has 0 aromatic carbocycles. The molecule has 0 spiro atoms. The van der Waals surface area contributed by atoms with E-state index >= 15 is 0 Å². The highest BCUT2D eigenvalue weighted by Gasteiger charge is 2.06. The molecule has 6 heteroatoms. The largest absolute Gasteiger partial charge is 0.348 e. The van der Waals surface area contributed by atoms with Gasteiger partial charge in [0.25, 0.3) is 0 Å². The van der Waals surface area contributed by atoms with Gasteiger partial charge in [-0.3, -0.25) is 0 Å². The van der Waals surface area contributed by atoms with Crippen molar-refractivity contribution in [1.29, 1.82) is 0 Å². The van der Waals surface area contributed by atoms with Gasteiger partial charge >= 0.3 is 11.4 Å². The molecule has 0 unspecified atom stereocenters. The van der Waals surface area contributed by atoms with Crippen molar-refractivity contribution in [2.24, 2.45) is 7.05 Å². The molecule has 0 radical (unpaired) electrons. The van der Waals surface area contributed by atoms with Crippen LogP contribution in [0.5, 0.6) is 0 Å². The first kappa shape index (κ1) is 8.49. The lowest BCUT2D eigenvalue weighted by Crippen LogP contribution is -2.29. The fourth-order valence-electron chi connectivity index (χ4n) is 1.19. The van der Waals surface area contributed by atoms with Gasteiger partial charge in [0, 0.05) is 12.1 Å². The van der Waals surface area contributed by atoms with Crippen molar-refractivity contribution >= 4 is 0 Å². The topological polar surface area (TPSA) is 74.5 Å². The maximum Gasteiger partial charge on any atom is 0.348 e. The highest BCUT2D eigenvalue weighted by Crippen LogP contribution is 1.95. The summed E-state index contributed by atoms with van der Waals surface area (Å²) < 4.78 is 2.84. The molecule has 0 bridgehead atoms. The van der Waals surface area contributed by atoms with E-state index in [1.807, 2.05) is 11.6 Å². The van der Waals surface area contributed by atoms with Crippen LogP contribution in [0, 0.1) is 0 Å². The van der Waals surface area contributed by atoms with Crippen LogP contribution in [-0.2, 0) is 7.05 Å². The minimum atomic E-state index is -0.469. The lowest BCUT2D eigenvalue weighted by atomic mass is 10.4. The minimum absolute atomic E-state index is 0.469. The third kappa shape index (κ3) is 1.26. The van der Waals surface area contributed by atoms with E-state index in [9.17, 15) is 9.59 Å². The number of pyridine rings is 1. The summed E-state index contributed by atoms with van der Waals surface area (Å²) in [5.41, 5.74) is -0.400. The fourth-order valence-corrected chi connectivity index (χ4v) is 1.19. The fraction of sp³-hybridized carbons (Fsp3) is 0.125. The van der Waals surface area contributed by atoms with Crippen LogP contribution in [0.4, 0.5) is 0 Å². The number of aryl methyl sites for hydroxylation is 1. The molecular formula is C8H9N4O2+. The van der Waals surface area contributed by atoms with E-state index in [0.717, 1.165) is 4.57 Å². The number of H-pyrrole nitrogens is 2. The van der Waals surface area contributed by atoms with Gasteiger partial charge in [-0.05, 0) is 0 Å². The van der Waals surface area contributed by atoms with E-state index in [1.165, 1.54) is 0 Å². The maximum atomic E-state index is 11.2. The third-order valence-electron chi connectivity index (χ3n) is 1.90. The number of rotatable bonds is 1. The Labute approximate surface area is 78.4 Å². The molecular weight excluding hydrogens is 184 g/mol. The zero-order valence-electron chi connectivity index (χ0n) is 7.52. The van der Waals surface area contributed by atoms with Gasteiger partial charge in [-0.15, -0.1) is 0 Å². The summed E-state index contributed by atoms with van der Waals surface area (Å²) in [4.78, 5) is 22.4. The lowest BCUT2D eigenvalue weighted by Gasteiger charge is -1.95. The number of hydrogen-bond acceptors (Lipinski definition) is 2. The second-order valence-electron chi connectivity index (χ2n) is 2.92. The van der Waals surface area contributed by atoms with Crippen LogP contribution >= 0.6 is 0 Å². The van der Waals surface area contributed by atoms with E-state index in [1.54, 1.807) is 24.5 Å². The van der Waals surface area contributed by atoms with Crippen LogP contribution in [0.1, 0.15) is 0 Å². The summed E-state index contributed by atoms with van der Waals surface area (Å²) in [6.07, 6.45) is 3.52. The van der Waals surface area contributed by atoms with Crippen molar-refractivity contribution in [3.8, 4) is 5.69 Å². The number of aromatic amines is 2. The summed E-state index contributed by atoms with van der Waals surface area (Å²) in [5, 5.41) is 4.43. The second kappa shape index (κ2) is 2.99. The van der Waals surface area contributed by atoms with Gasteiger partial charge in [0.05, 0.1) is 5.69 Å². The summed E-state index contributed by atoms with van der Waals surface area (Å²) in [6, 6.07) is 3.37. The van der Waals surface area contributed by atoms with Gasteiger partial charge in [-0.1, -0.05) is 0 Å². The summed E-state index contributed by atoms with van der Waals surface area (Å²) >= 11 is 0. The quantitative estimate of drug-likeness (QED) is 0.551. The highest BCUT2D eigenvalue weighted by molar-refractivity contribution is 5.26. The number of nitrogens with one attached hydrogen (secondary N) is 2. The monoisotopic (exact) mass is 193 g/mol. The molecule has 0 saturated carbocycles. The smallest absolute Gasteiger partial charge is 0.247 e. The summed E-state index contributed by atoms with van der Waals surface area (Å²) in [6.45, 7) is 0. The summed E-state index contributed by atoms with van der Waals surface area (Å²) in [7, 11) is 1.86. The van der Waals surface area contributed by atoms with Crippen LogP contribution in [0.25, 0.3) is 5.69 Å². The molecule has 72 valence electrons. The van der Waals surface area contributed by atoms with Crippen LogP contribution in [0.2, 0.25) is 0 Å². The highest BCUT2D eigenvalue weighted by atomic mass is 16.2. The van der Waals surface area contributed by atoms with Crippen molar-refractivity contribution in [2.75, 3.05) is 0 Å². The Bertz CT molecular complexity index is 518. The van der Waals surface area contributed by atoms with Gasteiger partial charge in [-0.25, -0.2) is 28.9 Å². The minimum Gasteiger partial charge on any atom is -0.247 e. The van der Waals surface area contributed by atoms with Crippen LogP contribution in [-0.4, -0.2) is 14.8 Å². The third-order valence-corrected chi connectivity index (χ3v) is 1.90. The first-order chi connectivity index (χ1) is 6.68. The predicted molar refractivity (Wildman–Crippen MR) is 48.2 cm³/mol. The normalized spacial score (nSPS) is 10.4. The van der Waals surface area contributed by atoms with Gasteiger partial charge in [0.15, 0.2) is 12.4 Å². The first-order valence-electron chi connectivity index (χ1n) is 4.04. The van der Waals surface area contributed by atoms with E-state index in [0.29, 0.717) is 5.69 Å². The molecule has 0 atom stereocenters. The Kier molecular flexibility index (Phi) is 1.81.